The van der Waals surface area contributed by atoms with E-state index in [2.05, 4.69) is 43.5 Å². The van der Waals surface area contributed by atoms with E-state index in [9.17, 15) is 40.5 Å². The van der Waals surface area contributed by atoms with Gasteiger partial charge in [0.05, 0.1) is 25.4 Å². The summed E-state index contributed by atoms with van der Waals surface area (Å²) in [5, 5.41) is 76.6. The van der Waals surface area contributed by atoms with Crippen LogP contribution in [-0.2, 0) is 14.3 Å². The molecule has 8 N–H and O–H groups in total. The molecule has 510 valence electrons. The molecule has 86 heavy (non-hydrogen) atoms. The molecular weight excluding hydrogens is 1070 g/mol. The summed E-state index contributed by atoms with van der Waals surface area (Å²) in [7, 11) is 0. The minimum absolute atomic E-state index is 0.256. The summed E-state index contributed by atoms with van der Waals surface area (Å²) >= 11 is 0. The van der Waals surface area contributed by atoms with Gasteiger partial charge in [-0.3, -0.25) is 4.79 Å². The van der Waals surface area contributed by atoms with Crippen molar-refractivity contribution in [1.82, 2.24) is 5.32 Å². The van der Waals surface area contributed by atoms with Crippen LogP contribution in [0.3, 0.4) is 0 Å². The first-order chi connectivity index (χ1) is 42.2. The predicted octanol–water partition coefficient (Wildman–Crippen LogP) is 18.8. The molecule has 0 saturated carbocycles. The Morgan fingerprint density at radius 3 is 1.00 bits per heavy atom. The second kappa shape index (κ2) is 63.7. The molecule has 11 nitrogen and oxygen atoms in total. The molecule has 1 fully saturated rings. The molecule has 0 aromatic carbocycles. The van der Waals surface area contributed by atoms with Gasteiger partial charge >= 0.3 is 0 Å². The fourth-order valence-corrected chi connectivity index (χ4v) is 12.4. The molecule has 0 spiro atoms. The number of aliphatic hydroxyl groups is 7. The van der Waals surface area contributed by atoms with Crippen molar-refractivity contribution in [1.29, 1.82) is 0 Å². The van der Waals surface area contributed by atoms with Gasteiger partial charge in [-0.1, -0.05) is 340 Å². The van der Waals surface area contributed by atoms with Crippen LogP contribution in [0.15, 0.2) is 24.3 Å². The number of rotatable bonds is 67. The average molecular weight is 1220 g/mol. The van der Waals surface area contributed by atoms with Crippen molar-refractivity contribution in [3.63, 3.8) is 0 Å². The predicted molar refractivity (Wildman–Crippen MR) is 362 cm³/mol. The Hall–Kier alpha value is -1.41. The molecule has 9 unspecified atom stereocenters. The minimum Gasteiger partial charge on any atom is -0.394 e. The summed E-state index contributed by atoms with van der Waals surface area (Å²) < 4.78 is 11.2. The number of unbranched alkanes of at least 4 members (excludes halogenated alkanes) is 51. The maximum atomic E-state index is 13.3. The number of ether oxygens (including phenoxy) is 2. The van der Waals surface area contributed by atoms with E-state index in [0.29, 0.717) is 12.8 Å². The molecule has 1 aliphatic heterocycles. The first-order valence-corrected chi connectivity index (χ1v) is 37.7. The van der Waals surface area contributed by atoms with E-state index in [1.165, 1.54) is 302 Å². The second-order valence-corrected chi connectivity index (χ2v) is 26.7. The lowest BCUT2D eigenvalue weighted by atomic mass is 9.98. The van der Waals surface area contributed by atoms with E-state index in [1.807, 2.05) is 0 Å². The minimum atomic E-state index is -1.67. The van der Waals surface area contributed by atoms with Gasteiger partial charge in [0.1, 0.15) is 36.6 Å². The standard InChI is InChI=1S/C75H145NO10/c1-3-5-7-9-11-13-15-17-19-21-23-25-27-29-31-33-34-35-37-38-40-42-44-46-48-50-52-54-56-58-60-62-67(78)70(80)66(65-85-75-73(83)72(82)71(81)69(64-77)86-75)76-74(84)68(79)63-61-59-57-55-53-51-49-47-45-43-41-39-36-32-30-28-26-24-22-20-18-16-14-12-10-8-6-4-2/h30,32,54,56,66-73,75,77-83H,3-29,31,33-53,55,57-65H2,1-2H3,(H,76,84)/b32-30-,56-54+. The van der Waals surface area contributed by atoms with Crippen LogP contribution in [0, 0.1) is 0 Å². The zero-order valence-corrected chi connectivity index (χ0v) is 56.6. The van der Waals surface area contributed by atoms with Crippen LogP contribution in [0.4, 0.5) is 0 Å². The van der Waals surface area contributed by atoms with Gasteiger partial charge in [0.25, 0.3) is 0 Å². The van der Waals surface area contributed by atoms with Crippen molar-refractivity contribution in [2.24, 2.45) is 0 Å². The van der Waals surface area contributed by atoms with Crippen molar-refractivity contribution in [3.05, 3.63) is 24.3 Å². The number of hydrogen-bond donors (Lipinski definition) is 8. The molecular formula is C75H145NO10. The van der Waals surface area contributed by atoms with Gasteiger partial charge in [0.2, 0.25) is 5.91 Å². The Balaban J connectivity index is 2.18. The molecule has 0 radical (unpaired) electrons. The van der Waals surface area contributed by atoms with Crippen molar-refractivity contribution in [2.75, 3.05) is 13.2 Å². The average Bonchev–Trinajstić information content (AvgIpc) is 2.54. The lowest BCUT2D eigenvalue weighted by Crippen LogP contribution is -2.60. The monoisotopic (exact) mass is 1220 g/mol. The maximum absolute atomic E-state index is 13.3. The van der Waals surface area contributed by atoms with Crippen molar-refractivity contribution in [3.8, 4) is 0 Å². The third kappa shape index (κ3) is 50.3. The molecule has 1 saturated heterocycles. The highest BCUT2D eigenvalue weighted by atomic mass is 16.7. The first-order valence-electron chi connectivity index (χ1n) is 37.7. The fraction of sp³-hybridized carbons (Fsp3) is 0.933. The lowest BCUT2D eigenvalue weighted by Gasteiger charge is -2.40. The number of aliphatic hydroxyl groups excluding tert-OH is 7. The summed E-state index contributed by atoms with van der Waals surface area (Å²) in [5.41, 5.74) is 0. The Labute approximate surface area is 531 Å². The molecule has 0 aliphatic carbocycles. The van der Waals surface area contributed by atoms with Crippen molar-refractivity contribution >= 4 is 5.91 Å². The van der Waals surface area contributed by atoms with E-state index in [4.69, 9.17) is 9.47 Å². The van der Waals surface area contributed by atoms with E-state index >= 15 is 0 Å². The molecule has 11 heteroatoms. The Morgan fingerprint density at radius 1 is 0.395 bits per heavy atom. The van der Waals surface area contributed by atoms with Crippen LogP contribution in [0.5, 0.6) is 0 Å². The molecule has 1 heterocycles. The fourth-order valence-electron chi connectivity index (χ4n) is 12.4. The van der Waals surface area contributed by atoms with E-state index < -0.39 is 74.2 Å². The summed E-state index contributed by atoms with van der Waals surface area (Å²) in [6.45, 7) is 3.51. The third-order valence-corrected chi connectivity index (χ3v) is 18.5. The number of nitrogens with one attached hydrogen (secondary N) is 1. The van der Waals surface area contributed by atoms with E-state index in [-0.39, 0.29) is 12.8 Å². The smallest absolute Gasteiger partial charge is 0.249 e. The zero-order chi connectivity index (χ0) is 62.4. The Morgan fingerprint density at radius 2 is 0.686 bits per heavy atom. The normalized spacial score (nSPS) is 18.8. The molecule has 1 amide bonds. The van der Waals surface area contributed by atoms with Crippen LogP contribution >= 0.6 is 0 Å². The molecule has 9 atom stereocenters. The third-order valence-electron chi connectivity index (χ3n) is 18.5. The lowest BCUT2D eigenvalue weighted by molar-refractivity contribution is -0.303. The summed E-state index contributed by atoms with van der Waals surface area (Å²) in [6, 6.07) is -1.19. The van der Waals surface area contributed by atoms with Crippen LogP contribution in [0.1, 0.15) is 380 Å². The molecule has 1 aliphatic rings. The first kappa shape index (κ1) is 82.6. The number of carbonyl (C=O) groups is 1. The van der Waals surface area contributed by atoms with Crippen molar-refractivity contribution < 1.29 is 50.0 Å². The van der Waals surface area contributed by atoms with Crippen LogP contribution in [0.2, 0.25) is 0 Å². The molecule has 1 rings (SSSR count). The highest BCUT2D eigenvalue weighted by Gasteiger charge is 2.44. The summed E-state index contributed by atoms with van der Waals surface area (Å²) in [5.74, 6) is -0.700. The number of amides is 1. The highest BCUT2D eigenvalue weighted by Crippen LogP contribution is 2.24. The van der Waals surface area contributed by atoms with Gasteiger partial charge in [0.15, 0.2) is 6.29 Å². The SMILES string of the molecule is CCCCCCCCCCCCCC/C=C\CCCCCCCCCCCCCCC(O)C(=O)NC(COC1OC(CO)C(O)C(O)C1O)C(O)C(O)CCC/C=C/CCCCCCCCCCCCCCCCCCCCCCCCCCCC. The number of allylic oxidation sites excluding steroid dienone is 4. The van der Waals surface area contributed by atoms with Gasteiger partial charge in [-0.05, 0) is 64.2 Å². The largest absolute Gasteiger partial charge is 0.394 e. The van der Waals surface area contributed by atoms with Crippen molar-refractivity contribution in [2.45, 2.75) is 435 Å². The van der Waals surface area contributed by atoms with Gasteiger partial charge in [-0.25, -0.2) is 0 Å². The van der Waals surface area contributed by atoms with Gasteiger partial charge in [-0.15, -0.1) is 0 Å². The van der Waals surface area contributed by atoms with E-state index in [0.717, 1.165) is 38.5 Å². The Bertz CT molecular complexity index is 1450. The van der Waals surface area contributed by atoms with Crippen LogP contribution < -0.4 is 5.32 Å². The topological polar surface area (TPSA) is 189 Å². The van der Waals surface area contributed by atoms with E-state index in [1.54, 1.807) is 0 Å². The second-order valence-electron chi connectivity index (χ2n) is 26.7. The summed E-state index contributed by atoms with van der Waals surface area (Å²) in [6.07, 6.45) is 70.0. The highest BCUT2D eigenvalue weighted by molar-refractivity contribution is 5.80. The Kier molecular flexibility index (Phi) is 61.2. The van der Waals surface area contributed by atoms with Crippen LogP contribution in [-0.4, -0.2) is 110 Å². The number of hydrogen-bond acceptors (Lipinski definition) is 10. The number of carbonyl (C=O) groups excluding carboxylic acids is 1. The molecule has 0 aromatic heterocycles. The van der Waals surface area contributed by atoms with Gasteiger partial charge < -0.3 is 50.5 Å². The van der Waals surface area contributed by atoms with Gasteiger partial charge in [-0.2, -0.15) is 0 Å². The zero-order valence-electron chi connectivity index (χ0n) is 56.6. The maximum Gasteiger partial charge on any atom is 0.249 e. The quantitative estimate of drug-likeness (QED) is 0.0215. The molecule has 0 aromatic rings. The molecule has 0 bridgehead atoms. The van der Waals surface area contributed by atoms with Crippen LogP contribution in [0.25, 0.3) is 0 Å². The summed E-state index contributed by atoms with van der Waals surface area (Å²) in [4.78, 5) is 13.3. The van der Waals surface area contributed by atoms with Gasteiger partial charge in [0, 0.05) is 0 Å².